The van der Waals surface area contributed by atoms with Crippen LogP contribution < -0.4 is 11.5 Å². The molecule has 0 rings (SSSR count). The number of hydrogen-bond acceptors (Lipinski definition) is 2. The summed E-state index contributed by atoms with van der Waals surface area (Å²) in [6, 6.07) is 0. The van der Waals surface area contributed by atoms with Crippen molar-refractivity contribution < 1.29 is 0 Å². The largest absolute Gasteiger partial charge is 0.370 e. The maximum atomic E-state index is 5.22. The molecule has 0 aromatic carbocycles. The minimum absolute atomic E-state index is 0.158. The van der Waals surface area contributed by atoms with E-state index in [1.165, 1.54) is 0 Å². The molecule has 0 aliphatic rings. The number of hydrogen-bond donors (Lipinski definition) is 2. The van der Waals surface area contributed by atoms with E-state index in [0.717, 1.165) is 5.75 Å². The van der Waals surface area contributed by atoms with Gasteiger partial charge in [0.2, 0.25) is 0 Å². The molecule has 0 saturated heterocycles. The lowest BCUT2D eigenvalue weighted by Crippen LogP contribution is -2.27. The molecule has 4 N–H and O–H groups in total. The van der Waals surface area contributed by atoms with Crippen molar-refractivity contribution in [3.8, 4) is 0 Å². The van der Waals surface area contributed by atoms with Crippen molar-refractivity contribution in [3.63, 3.8) is 0 Å². The van der Waals surface area contributed by atoms with Crippen molar-refractivity contribution in [1.82, 2.24) is 0 Å². The first-order valence-corrected chi connectivity index (χ1v) is 4.21. The normalized spacial score (nSPS) is 11.1. The summed E-state index contributed by atoms with van der Waals surface area (Å²) in [7, 11) is 0. The number of thioether (sulfide) groups is 1. The fraction of sp³-hybridized carbons (Fsp3) is 0.833. The summed E-state index contributed by atoms with van der Waals surface area (Å²) in [6.45, 7) is 6.05. The van der Waals surface area contributed by atoms with Crippen LogP contribution in [-0.2, 0) is 0 Å². The molecule has 0 amide bonds. The summed E-state index contributed by atoms with van der Waals surface area (Å²) in [5.74, 6) is 1.18. The molecule has 60 valence electrons. The molecule has 3 nitrogen and oxygen atoms in total. The first-order valence-electron chi connectivity index (χ1n) is 3.22. The van der Waals surface area contributed by atoms with Crippen LogP contribution in [0.3, 0.4) is 0 Å². The molecule has 0 aromatic rings. The van der Waals surface area contributed by atoms with E-state index in [0.29, 0.717) is 0 Å². The first kappa shape index (κ1) is 9.62. The van der Waals surface area contributed by atoms with Gasteiger partial charge in [-0.2, -0.15) is 0 Å². The summed E-state index contributed by atoms with van der Waals surface area (Å²) < 4.78 is 0. The van der Waals surface area contributed by atoms with E-state index in [1.807, 2.05) is 13.8 Å². The van der Waals surface area contributed by atoms with E-state index < -0.39 is 0 Å². The molecular formula is C6H15N3S. The van der Waals surface area contributed by atoms with Gasteiger partial charge in [0.25, 0.3) is 0 Å². The summed E-state index contributed by atoms with van der Waals surface area (Å²) in [5.41, 5.74) is 10.4. The van der Waals surface area contributed by atoms with Crippen molar-refractivity contribution in [3.05, 3.63) is 0 Å². The quantitative estimate of drug-likeness (QED) is 0.474. The molecule has 0 aliphatic carbocycles. The fourth-order valence-electron chi connectivity index (χ4n) is 0.696. The second-order valence-corrected chi connectivity index (χ2v) is 4.28. The lowest BCUT2D eigenvalue weighted by atomic mass is 10.4. The minimum Gasteiger partial charge on any atom is -0.370 e. The topological polar surface area (TPSA) is 64.4 Å². The Morgan fingerprint density at radius 1 is 1.50 bits per heavy atom. The Hall–Kier alpha value is -0.380. The molecule has 0 bridgehead atoms. The van der Waals surface area contributed by atoms with Crippen molar-refractivity contribution in [2.24, 2.45) is 16.5 Å². The van der Waals surface area contributed by atoms with Crippen LogP contribution in [0.4, 0.5) is 0 Å². The van der Waals surface area contributed by atoms with E-state index in [4.69, 9.17) is 11.5 Å². The third-order valence-electron chi connectivity index (χ3n) is 0.896. The maximum Gasteiger partial charge on any atom is 0.187 e. The highest BCUT2D eigenvalue weighted by molar-refractivity contribution is 8.00. The van der Waals surface area contributed by atoms with Gasteiger partial charge in [-0.3, -0.25) is 0 Å². The van der Waals surface area contributed by atoms with E-state index >= 15 is 0 Å². The fourth-order valence-corrected chi connectivity index (χ4v) is 1.57. The van der Waals surface area contributed by atoms with Crippen molar-refractivity contribution in [2.75, 3.05) is 5.75 Å². The number of aliphatic imine (C=N–C) groups is 1. The first-order chi connectivity index (χ1) is 4.48. The van der Waals surface area contributed by atoms with Crippen molar-refractivity contribution in [2.45, 2.75) is 25.6 Å². The van der Waals surface area contributed by atoms with Gasteiger partial charge < -0.3 is 11.5 Å². The van der Waals surface area contributed by atoms with Crippen LogP contribution in [0.25, 0.3) is 0 Å². The summed E-state index contributed by atoms with van der Waals surface area (Å²) in [4.78, 5) is 3.86. The molecule has 0 fully saturated rings. The van der Waals surface area contributed by atoms with Gasteiger partial charge in [0, 0.05) is 0 Å². The zero-order valence-electron chi connectivity index (χ0n) is 6.72. The summed E-state index contributed by atoms with van der Waals surface area (Å²) >= 11 is 1.71. The third-order valence-corrected chi connectivity index (χ3v) is 1.98. The average molecular weight is 161 g/mol. The highest BCUT2D eigenvalue weighted by atomic mass is 32.2. The van der Waals surface area contributed by atoms with Crippen LogP contribution >= 0.6 is 11.8 Å². The van der Waals surface area contributed by atoms with Gasteiger partial charge in [-0.05, 0) is 19.6 Å². The number of nitrogens with zero attached hydrogens (tertiary/aromatic N) is 1. The SMILES string of the molecule is CCSC(C)(C)N=C(N)N. The molecule has 10 heavy (non-hydrogen) atoms. The van der Waals surface area contributed by atoms with Crippen LogP contribution in [0.5, 0.6) is 0 Å². The van der Waals surface area contributed by atoms with Gasteiger partial charge in [-0.1, -0.05) is 6.92 Å². The standard InChI is InChI=1S/C6H15N3S/c1-4-10-6(2,3)9-5(7)8/h4H2,1-3H3,(H4,7,8,9). The second kappa shape index (κ2) is 3.71. The smallest absolute Gasteiger partial charge is 0.187 e. The van der Waals surface area contributed by atoms with Gasteiger partial charge in [0.1, 0.15) is 4.87 Å². The molecule has 0 spiro atoms. The molecule has 0 heterocycles. The van der Waals surface area contributed by atoms with Gasteiger partial charge in [0.15, 0.2) is 5.96 Å². The monoisotopic (exact) mass is 161 g/mol. The Morgan fingerprint density at radius 2 is 2.00 bits per heavy atom. The third kappa shape index (κ3) is 4.49. The van der Waals surface area contributed by atoms with Crippen LogP contribution in [0.15, 0.2) is 4.99 Å². The van der Waals surface area contributed by atoms with Gasteiger partial charge in [-0.25, -0.2) is 4.99 Å². The molecule has 0 aliphatic heterocycles. The van der Waals surface area contributed by atoms with Crippen LogP contribution in [-0.4, -0.2) is 16.6 Å². The van der Waals surface area contributed by atoms with Crippen molar-refractivity contribution in [1.29, 1.82) is 0 Å². The average Bonchev–Trinajstić information content (AvgIpc) is 1.59. The van der Waals surface area contributed by atoms with Crippen LogP contribution in [0, 0.1) is 0 Å². The molecular weight excluding hydrogens is 146 g/mol. The summed E-state index contributed by atoms with van der Waals surface area (Å²) in [6.07, 6.45) is 0. The predicted molar refractivity (Wildman–Crippen MR) is 48.0 cm³/mol. The molecule has 0 aromatic heterocycles. The van der Waals surface area contributed by atoms with Gasteiger partial charge in [-0.15, -0.1) is 11.8 Å². The van der Waals surface area contributed by atoms with Gasteiger partial charge >= 0.3 is 0 Å². The highest BCUT2D eigenvalue weighted by Gasteiger charge is 2.14. The number of rotatable bonds is 3. The molecule has 4 heteroatoms. The molecule has 0 unspecified atom stereocenters. The van der Waals surface area contributed by atoms with Crippen LogP contribution in [0.1, 0.15) is 20.8 Å². The van der Waals surface area contributed by atoms with E-state index in [9.17, 15) is 0 Å². The Kier molecular flexibility index (Phi) is 3.57. The highest BCUT2D eigenvalue weighted by Crippen LogP contribution is 2.24. The molecule has 0 radical (unpaired) electrons. The Balaban J connectivity index is 3.98. The summed E-state index contributed by atoms with van der Waals surface area (Å²) in [5, 5.41) is 0. The Bertz CT molecular complexity index is 127. The lowest BCUT2D eigenvalue weighted by molar-refractivity contribution is 0.758. The van der Waals surface area contributed by atoms with Crippen molar-refractivity contribution >= 4 is 17.7 Å². The van der Waals surface area contributed by atoms with Gasteiger partial charge in [0.05, 0.1) is 0 Å². The zero-order valence-corrected chi connectivity index (χ0v) is 7.53. The Morgan fingerprint density at radius 3 is 2.30 bits per heavy atom. The number of guanidine groups is 1. The van der Waals surface area contributed by atoms with E-state index in [1.54, 1.807) is 11.8 Å². The minimum atomic E-state index is -0.173. The lowest BCUT2D eigenvalue weighted by Gasteiger charge is -2.17. The maximum absolute atomic E-state index is 5.22. The Labute approximate surface area is 66.3 Å². The zero-order chi connectivity index (χ0) is 8.20. The number of nitrogens with two attached hydrogens (primary N) is 2. The molecule has 0 saturated carbocycles. The van der Waals surface area contributed by atoms with Crippen LogP contribution in [0.2, 0.25) is 0 Å². The second-order valence-electron chi connectivity index (χ2n) is 2.42. The predicted octanol–water partition coefficient (Wildman–Crippen LogP) is 0.749. The van der Waals surface area contributed by atoms with E-state index in [2.05, 4.69) is 11.9 Å². The molecule has 0 atom stereocenters. The van der Waals surface area contributed by atoms with E-state index in [-0.39, 0.29) is 10.8 Å².